The molecular weight excluding hydrogens is 150 g/mol. The zero-order valence-corrected chi connectivity index (χ0v) is 7.33. The molecule has 0 aliphatic heterocycles. The third kappa shape index (κ3) is 1.98. The second-order valence-electron chi connectivity index (χ2n) is 2.95. The third-order valence-electron chi connectivity index (χ3n) is 1.94. The van der Waals surface area contributed by atoms with Crippen molar-refractivity contribution in [2.24, 2.45) is 5.73 Å². The highest BCUT2D eigenvalue weighted by Gasteiger charge is 2.07. The van der Waals surface area contributed by atoms with E-state index in [0.717, 1.165) is 18.4 Å². The SMILES string of the molecule is CCC[C@@H](N)c1ccccc1O. The largest absolute Gasteiger partial charge is 0.508 e. The molecule has 0 aliphatic carbocycles. The van der Waals surface area contributed by atoms with Crippen molar-refractivity contribution in [3.8, 4) is 5.75 Å². The summed E-state index contributed by atoms with van der Waals surface area (Å²) < 4.78 is 0. The van der Waals surface area contributed by atoms with Gasteiger partial charge in [0.25, 0.3) is 0 Å². The van der Waals surface area contributed by atoms with Crippen LogP contribution >= 0.6 is 0 Å². The lowest BCUT2D eigenvalue weighted by Crippen LogP contribution is -2.09. The third-order valence-corrected chi connectivity index (χ3v) is 1.94. The Morgan fingerprint density at radius 3 is 2.67 bits per heavy atom. The maximum absolute atomic E-state index is 9.43. The first-order chi connectivity index (χ1) is 5.75. The number of rotatable bonds is 3. The Morgan fingerprint density at radius 1 is 1.42 bits per heavy atom. The van der Waals surface area contributed by atoms with Gasteiger partial charge >= 0.3 is 0 Å². The second-order valence-corrected chi connectivity index (χ2v) is 2.95. The molecule has 2 heteroatoms. The van der Waals surface area contributed by atoms with Crippen LogP contribution in [-0.2, 0) is 0 Å². The highest BCUT2D eigenvalue weighted by atomic mass is 16.3. The van der Waals surface area contributed by atoms with Gasteiger partial charge in [0.2, 0.25) is 0 Å². The smallest absolute Gasteiger partial charge is 0.120 e. The van der Waals surface area contributed by atoms with Crippen LogP contribution in [0.2, 0.25) is 0 Å². The first-order valence-electron chi connectivity index (χ1n) is 4.29. The summed E-state index contributed by atoms with van der Waals surface area (Å²) in [4.78, 5) is 0. The van der Waals surface area contributed by atoms with Gasteiger partial charge in [0.05, 0.1) is 0 Å². The summed E-state index contributed by atoms with van der Waals surface area (Å²) in [7, 11) is 0. The topological polar surface area (TPSA) is 46.2 Å². The van der Waals surface area contributed by atoms with Crippen LogP contribution in [0.1, 0.15) is 31.4 Å². The summed E-state index contributed by atoms with van der Waals surface area (Å²) in [5.74, 6) is 0.304. The molecule has 0 heterocycles. The number of para-hydroxylation sites is 1. The van der Waals surface area contributed by atoms with E-state index in [9.17, 15) is 5.11 Å². The average molecular weight is 165 g/mol. The number of nitrogens with two attached hydrogens (primary N) is 1. The Kier molecular flexibility index (Phi) is 3.11. The molecule has 1 atom stereocenters. The number of aromatic hydroxyl groups is 1. The van der Waals surface area contributed by atoms with Gasteiger partial charge in [-0.3, -0.25) is 0 Å². The molecule has 12 heavy (non-hydrogen) atoms. The van der Waals surface area contributed by atoms with Gasteiger partial charge in [-0.2, -0.15) is 0 Å². The molecule has 0 amide bonds. The lowest BCUT2D eigenvalue weighted by atomic mass is 10.0. The zero-order valence-electron chi connectivity index (χ0n) is 7.33. The van der Waals surface area contributed by atoms with Gasteiger partial charge in [0, 0.05) is 11.6 Å². The van der Waals surface area contributed by atoms with Crippen molar-refractivity contribution in [2.45, 2.75) is 25.8 Å². The number of phenols is 1. The van der Waals surface area contributed by atoms with E-state index >= 15 is 0 Å². The van der Waals surface area contributed by atoms with Crippen LogP contribution in [0.4, 0.5) is 0 Å². The average Bonchev–Trinajstić information content (AvgIpc) is 2.05. The lowest BCUT2D eigenvalue weighted by molar-refractivity contribution is 0.458. The summed E-state index contributed by atoms with van der Waals surface area (Å²) in [6.45, 7) is 2.08. The van der Waals surface area contributed by atoms with Crippen molar-refractivity contribution in [3.05, 3.63) is 29.8 Å². The van der Waals surface area contributed by atoms with Crippen molar-refractivity contribution in [1.82, 2.24) is 0 Å². The van der Waals surface area contributed by atoms with Gasteiger partial charge < -0.3 is 10.8 Å². The van der Waals surface area contributed by atoms with Crippen molar-refractivity contribution >= 4 is 0 Å². The Hall–Kier alpha value is -1.02. The fraction of sp³-hybridized carbons (Fsp3) is 0.400. The summed E-state index contributed by atoms with van der Waals surface area (Å²) in [6.07, 6.45) is 1.95. The van der Waals surface area contributed by atoms with Crippen LogP contribution in [0, 0.1) is 0 Å². The molecule has 0 spiro atoms. The molecule has 1 aromatic rings. The molecule has 0 aliphatic rings. The van der Waals surface area contributed by atoms with Crippen LogP contribution in [-0.4, -0.2) is 5.11 Å². The minimum Gasteiger partial charge on any atom is -0.508 e. The molecule has 1 rings (SSSR count). The van der Waals surface area contributed by atoms with Gasteiger partial charge in [-0.05, 0) is 12.5 Å². The molecule has 0 fully saturated rings. The molecule has 3 N–H and O–H groups in total. The van der Waals surface area contributed by atoms with E-state index in [1.165, 1.54) is 0 Å². The van der Waals surface area contributed by atoms with Crippen molar-refractivity contribution < 1.29 is 5.11 Å². The van der Waals surface area contributed by atoms with Crippen LogP contribution in [0.3, 0.4) is 0 Å². The van der Waals surface area contributed by atoms with Crippen molar-refractivity contribution in [2.75, 3.05) is 0 Å². The van der Waals surface area contributed by atoms with Gasteiger partial charge in [-0.25, -0.2) is 0 Å². The van der Waals surface area contributed by atoms with Crippen LogP contribution < -0.4 is 5.73 Å². The van der Waals surface area contributed by atoms with E-state index in [1.54, 1.807) is 12.1 Å². The van der Waals surface area contributed by atoms with E-state index in [0.29, 0.717) is 5.75 Å². The monoisotopic (exact) mass is 165 g/mol. The molecule has 0 saturated carbocycles. The standard InChI is InChI=1S/C10H15NO/c1-2-5-9(11)8-6-3-4-7-10(8)12/h3-4,6-7,9,12H,2,5,11H2,1H3/t9-/m1/s1. The first kappa shape index (κ1) is 9.07. The van der Waals surface area contributed by atoms with E-state index in [-0.39, 0.29) is 6.04 Å². The molecule has 0 unspecified atom stereocenters. The summed E-state index contributed by atoms with van der Waals surface area (Å²) in [5, 5.41) is 9.43. The van der Waals surface area contributed by atoms with Crippen molar-refractivity contribution in [1.29, 1.82) is 0 Å². The van der Waals surface area contributed by atoms with E-state index < -0.39 is 0 Å². The maximum atomic E-state index is 9.43. The Bertz CT molecular complexity index is 247. The number of hydrogen-bond acceptors (Lipinski definition) is 2. The summed E-state index contributed by atoms with van der Waals surface area (Å²) in [6, 6.07) is 7.21. The van der Waals surface area contributed by atoms with Crippen LogP contribution in [0.15, 0.2) is 24.3 Å². The Balaban J connectivity index is 2.79. The predicted octanol–water partition coefficient (Wildman–Crippen LogP) is 2.19. The molecule has 0 aromatic heterocycles. The van der Waals surface area contributed by atoms with Gasteiger partial charge in [0.1, 0.15) is 5.75 Å². The summed E-state index contributed by atoms with van der Waals surface area (Å²) in [5.41, 5.74) is 6.69. The fourth-order valence-corrected chi connectivity index (χ4v) is 1.27. The molecular formula is C10H15NO. The first-order valence-corrected chi connectivity index (χ1v) is 4.29. The van der Waals surface area contributed by atoms with Crippen LogP contribution in [0.25, 0.3) is 0 Å². The Labute approximate surface area is 73.0 Å². The Morgan fingerprint density at radius 2 is 2.08 bits per heavy atom. The predicted molar refractivity (Wildman–Crippen MR) is 49.9 cm³/mol. The molecule has 0 saturated heterocycles. The zero-order chi connectivity index (χ0) is 8.97. The minimum atomic E-state index is -0.0313. The molecule has 66 valence electrons. The number of benzene rings is 1. The van der Waals surface area contributed by atoms with Gasteiger partial charge in [-0.1, -0.05) is 31.5 Å². The molecule has 0 radical (unpaired) electrons. The van der Waals surface area contributed by atoms with Gasteiger partial charge in [0.15, 0.2) is 0 Å². The minimum absolute atomic E-state index is 0.0313. The quantitative estimate of drug-likeness (QED) is 0.721. The van der Waals surface area contributed by atoms with Gasteiger partial charge in [-0.15, -0.1) is 0 Å². The van der Waals surface area contributed by atoms with Crippen LogP contribution in [0.5, 0.6) is 5.75 Å². The number of hydrogen-bond donors (Lipinski definition) is 2. The second kappa shape index (κ2) is 4.12. The van der Waals surface area contributed by atoms with E-state index in [4.69, 9.17) is 5.73 Å². The molecule has 0 bridgehead atoms. The van der Waals surface area contributed by atoms with Crippen molar-refractivity contribution in [3.63, 3.8) is 0 Å². The number of phenolic OH excluding ortho intramolecular Hbond substituents is 1. The van der Waals surface area contributed by atoms with E-state index in [2.05, 4.69) is 6.92 Å². The van der Waals surface area contributed by atoms with E-state index in [1.807, 2.05) is 12.1 Å². The highest BCUT2D eigenvalue weighted by Crippen LogP contribution is 2.24. The normalized spacial score (nSPS) is 12.8. The molecule has 2 nitrogen and oxygen atoms in total. The highest BCUT2D eigenvalue weighted by molar-refractivity contribution is 5.34. The lowest BCUT2D eigenvalue weighted by Gasteiger charge is -2.11. The maximum Gasteiger partial charge on any atom is 0.120 e. The summed E-state index contributed by atoms with van der Waals surface area (Å²) >= 11 is 0. The molecule has 1 aromatic carbocycles. The fourth-order valence-electron chi connectivity index (χ4n) is 1.27.